The van der Waals surface area contributed by atoms with Crippen LogP contribution in [0.5, 0.6) is 0 Å². The fourth-order valence-corrected chi connectivity index (χ4v) is 1.34. The Labute approximate surface area is 64.6 Å². The van der Waals surface area contributed by atoms with E-state index in [9.17, 15) is 0 Å². The highest BCUT2D eigenvalue weighted by molar-refractivity contribution is 14.1. The Kier molecular flexibility index (Phi) is 6.32. The van der Waals surface area contributed by atoms with Gasteiger partial charge in [0, 0.05) is 11.0 Å². The zero-order valence-electron chi connectivity index (χ0n) is 5.23. The Morgan fingerprint density at radius 3 is 2.38 bits per heavy atom. The third kappa shape index (κ3) is 3.66. The number of halogens is 1. The van der Waals surface area contributed by atoms with Gasteiger partial charge in [-0.3, -0.25) is 0 Å². The topological polar surface area (TPSA) is 20.2 Å². The van der Waals surface area contributed by atoms with Crippen LogP contribution < -0.4 is 0 Å². The molecular weight excluding hydrogens is 215 g/mol. The molecule has 0 saturated carbocycles. The normalized spacial score (nSPS) is 13.9. The smallest absolute Gasteiger partial charge is 0.0466 e. The fourth-order valence-electron chi connectivity index (χ4n) is 0.625. The van der Waals surface area contributed by atoms with Crippen molar-refractivity contribution < 1.29 is 5.11 Å². The van der Waals surface area contributed by atoms with E-state index < -0.39 is 0 Å². The molecule has 0 aliphatic heterocycles. The lowest BCUT2D eigenvalue weighted by molar-refractivity contribution is 0.234. The summed E-state index contributed by atoms with van der Waals surface area (Å²) in [5, 5.41) is 8.65. The average Bonchev–Trinajstić information content (AvgIpc) is 1.83. The number of rotatable bonds is 4. The standard InChI is InChI=1S/C6H13IO/c1-2-3-6(4-7)5-8/h6,8H,2-5H2,1H3. The maximum atomic E-state index is 8.65. The van der Waals surface area contributed by atoms with Gasteiger partial charge in [0.2, 0.25) is 0 Å². The highest BCUT2D eigenvalue weighted by atomic mass is 127. The molecule has 0 rings (SSSR count). The monoisotopic (exact) mass is 228 g/mol. The summed E-state index contributed by atoms with van der Waals surface area (Å²) >= 11 is 2.31. The minimum atomic E-state index is 0.358. The fraction of sp³-hybridized carbons (Fsp3) is 1.00. The maximum Gasteiger partial charge on any atom is 0.0466 e. The minimum Gasteiger partial charge on any atom is -0.396 e. The molecular formula is C6H13IO. The SMILES string of the molecule is CCCC(CO)CI. The Morgan fingerprint density at radius 1 is 1.62 bits per heavy atom. The van der Waals surface area contributed by atoms with Gasteiger partial charge in [0.1, 0.15) is 0 Å². The summed E-state index contributed by atoms with van der Waals surface area (Å²) < 4.78 is 1.09. The van der Waals surface area contributed by atoms with Crippen LogP contribution in [-0.2, 0) is 0 Å². The number of hydrogen-bond donors (Lipinski definition) is 1. The quantitative estimate of drug-likeness (QED) is 0.574. The summed E-state index contributed by atoms with van der Waals surface area (Å²) in [5.74, 6) is 0.542. The lowest BCUT2D eigenvalue weighted by Crippen LogP contribution is -2.05. The van der Waals surface area contributed by atoms with Crippen molar-refractivity contribution in [2.45, 2.75) is 19.8 Å². The van der Waals surface area contributed by atoms with Crippen LogP contribution in [0.25, 0.3) is 0 Å². The van der Waals surface area contributed by atoms with Gasteiger partial charge < -0.3 is 5.11 Å². The summed E-state index contributed by atoms with van der Waals surface area (Å²) in [6.45, 7) is 2.51. The minimum absolute atomic E-state index is 0.358. The molecule has 50 valence electrons. The molecule has 0 amide bonds. The Hall–Kier alpha value is 0.690. The molecule has 0 aliphatic rings. The summed E-state index contributed by atoms with van der Waals surface area (Å²) in [6.07, 6.45) is 2.35. The van der Waals surface area contributed by atoms with E-state index in [-0.39, 0.29) is 0 Å². The Balaban J connectivity index is 3.07. The van der Waals surface area contributed by atoms with Gasteiger partial charge in [-0.1, -0.05) is 35.9 Å². The zero-order chi connectivity index (χ0) is 6.41. The van der Waals surface area contributed by atoms with Crippen molar-refractivity contribution in [1.82, 2.24) is 0 Å². The van der Waals surface area contributed by atoms with Gasteiger partial charge in [-0.25, -0.2) is 0 Å². The van der Waals surface area contributed by atoms with Crippen LogP contribution in [-0.4, -0.2) is 16.1 Å². The summed E-state index contributed by atoms with van der Waals surface area (Å²) in [6, 6.07) is 0. The van der Waals surface area contributed by atoms with Crippen LogP contribution in [0.3, 0.4) is 0 Å². The van der Waals surface area contributed by atoms with Gasteiger partial charge >= 0.3 is 0 Å². The van der Waals surface area contributed by atoms with Crippen molar-refractivity contribution in [3.05, 3.63) is 0 Å². The first-order valence-electron chi connectivity index (χ1n) is 3.02. The number of alkyl halides is 1. The lowest BCUT2D eigenvalue weighted by atomic mass is 10.1. The summed E-state index contributed by atoms with van der Waals surface area (Å²) in [5.41, 5.74) is 0. The van der Waals surface area contributed by atoms with Crippen molar-refractivity contribution in [1.29, 1.82) is 0 Å². The van der Waals surface area contributed by atoms with Crippen molar-refractivity contribution in [3.63, 3.8) is 0 Å². The zero-order valence-corrected chi connectivity index (χ0v) is 7.39. The van der Waals surface area contributed by atoms with Crippen LogP contribution >= 0.6 is 22.6 Å². The average molecular weight is 228 g/mol. The van der Waals surface area contributed by atoms with E-state index in [1.165, 1.54) is 12.8 Å². The van der Waals surface area contributed by atoms with Gasteiger partial charge in [0.15, 0.2) is 0 Å². The molecule has 0 bridgehead atoms. The van der Waals surface area contributed by atoms with Crippen LogP contribution in [0.1, 0.15) is 19.8 Å². The second kappa shape index (κ2) is 5.82. The molecule has 0 heterocycles. The van der Waals surface area contributed by atoms with E-state index in [2.05, 4.69) is 29.5 Å². The van der Waals surface area contributed by atoms with Crippen LogP contribution in [0.15, 0.2) is 0 Å². The second-order valence-corrected chi connectivity index (χ2v) is 2.87. The van der Waals surface area contributed by atoms with Crippen molar-refractivity contribution in [2.75, 3.05) is 11.0 Å². The van der Waals surface area contributed by atoms with Crippen molar-refractivity contribution in [2.24, 2.45) is 5.92 Å². The van der Waals surface area contributed by atoms with Crippen LogP contribution in [0.2, 0.25) is 0 Å². The first kappa shape index (κ1) is 8.69. The van der Waals surface area contributed by atoms with E-state index >= 15 is 0 Å². The molecule has 0 aromatic rings. The van der Waals surface area contributed by atoms with E-state index in [0.29, 0.717) is 12.5 Å². The molecule has 1 atom stereocenters. The van der Waals surface area contributed by atoms with Gasteiger partial charge in [-0.15, -0.1) is 0 Å². The van der Waals surface area contributed by atoms with Gasteiger partial charge in [0.05, 0.1) is 0 Å². The molecule has 0 spiro atoms. The molecule has 0 saturated heterocycles. The molecule has 1 N–H and O–H groups in total. The van der Waals surface area contributed by atoms with Crippen molar-refractivity contribution >= 4 is 22.6 Å². The van der Waals surface area contributed by atoms with Crippen LogP contribution in [0, 0.1) is 5.92 Å². The second-order valence-electron chi connectivity index (χ2n) is 1.99. The number of aliphatic hydroxyl groups excluding tert-OH is 1. The first-order valence-corrected chi connectivity index (χ1v) is 4.54. The highest BCUT2D eigenvalue weighted by Crippen LogP contribution is 2.07. The van der Waals surface area contributed by atoms with E-state index in [1.54, 1.807) is 0 Å². The third-order valence-corrected chi connectivity index (χ3v) is 2.42. The highest BCUT2D eigenvalue weighted by Gasteiger charge is 2.01. The van der Waals surface area contributed by atoms with E-state index in [1.807, 2.05) is 0 Å². The molecule has 0 aromatic carbocycles. The molecule has 0 radical (unpaired) electrons. The number of hydrogen-bond acceptors (Lipinski definition) is 1. The van der Waals surface area contributed by atoms with E-state index in [4.69, 9.17) is 5.11 Å². The van der Waals surface area contributed by atoms with Crippen LogP contribution in [0.4, 0.5) is 0 Å². The molecule has 0 aromatic heterocycles. The largest absolute Gasteiger partial charge is 0.396 e. The van der Waals surface area contributed by atoms with E-state index in [0.717, 1.165) is 4.43 Å². The summed E-state index contributed by atoms with van der Waals surface area (Å²) in [4.78, 5) is 0. The number of aliphatic hydroxyl groups is 1. The maximum absolute atomic E-state index is 8.65. The Morgan fingerprint density at radius 2 is 2.25 bits per heavy atom. The van der Waals surface area contributed by atoms with Gasteiger partial charge in [-0.2, -0.15) is 0 Å². The molecule has 1 unspecified atom stereocenters. The molecule has 1 nitrogen and oxygen atoms in total. The summed E-state index contributed by atoms with van der Waals surface area (Å²) in [7, 11) is 0. The molecule has 8 heavy (non-hydrogen) atoms. The Bertz CT molecular complexity index is 43.8. The van der Waals surface area contributed by atoms with Gasteiger partial charge in [0.25, 0.3) is 0 Å². The van der Waals surface area contributed by atoms with Gasteiger partial charge in [-0.05, 0) is 12.3 Å². The predicted octanol–water partition coefficient (Wildman–Crippen LogP) is 1.83. The lowest BCUT2D eigenvalue weighted by Gasteiger charge is -2.06. The third-order valence-electron chi connectivity index (χ3n) is 1.17. The first-order chi connectivity index (χ1) is 3.85. The van der Waals surface area contributed by atoms with Crippen molar-refractivity contribution in [3.8, 4) is 0 Å². The molecule has 0 aliphatic carbocycles. The predicted molar refractivity (Wildman–Crippen MR) is 44.4 cm³/mol. The molecule has 0 fully saturated rings. The molecule has 2 heteroatoms.